The Bertz CT molecular complexity index is 732. The van der Waals surface area contributed by atoms with Gasteiger partial charge in [-0.25, -0.2) is 4.68 Å². The van der Waals surface area contributed by atoms with Crippen molar-refractivity contribution in [2.24, 2.45) is 0 Å². The molecular weight excluding hydrogens is 240 g/mol. The lowest BCUT2D eigenvalue weighted by Crippen LogP contribution is -2.06. The topological polar surface area (TPSA) is 44.1 Å². The van der Waals surface area contributed by atoms with E-state index in [2.05, 4.69) is 5.10 Å². The van der Waals surface area contributed by atoms with Gasteiger partial charge >= 0.3 is 0 Å². The van der Waals surface area contributed by atoms with E-state index in [1.165, 1.54) is 11.6 Å². The molecule has 0 amide bonds. The monoisotopic (exact) mass is 252 g/mol. The predicted molar refractivity (Wildman–Crippen MR) is 72.5 cm³/mol. The second-order valence-electron chi connectivity index (χ2n) is 4.21. The first-order valence-electron chi connectivity index (χ1n) is 5.96. The third-order valence-corrected chi connectivity index (χ3v) is 2.82. The first-order valence-corrected chi connectivity index (χ1v) is 5.96. The summed E-state index contributed by atoms with van der Waals surface area (Å²) in [6.45, 7) is 1.49. The van der Waals surface area contributed by atoms with Crippen LogP contribution in [0.3, 0.4) is 0 Å². The summed E-state index contributed by atoms with van der Waals surface area (Å²) in [4.78, 5) is 11.4. The second-order valence-corrected chi connectivity index (χ2v) is 4.21. The van der Waals surface area contributed by atoms with Gasteiger partial charge in [-0.3, -0.25) is 4.79 Å². The zero-order valence-corrected chi connectivity index (χ0v) is 10.4. The van der Waals surface area contributed by atoms with Crippen LogP contribution in [0.15, 0.2) is 54.7 Å². The minimum Gasteiger partial charge on any atom is -0.457 e. The van der Waals surface area contributed by atoms with Crippen LogP contribution in [0.2, 0.25) is 0 Å². The van der Waals surface area contributed by atoms with Crippen molar-refractivity contribution >= 4 is 16.8 Å². The third-order valence-electron chi connectivity index (χ3n) is 2.82. The number of benzene rings is 2. The number of carbonyl (C=O) groups excluding carboxylic acids is 1. The van der Waals surface area contributed by atoms with Crippen LogP contribution in [-0.4, -0.2) is 15.7 Å². The van der Waals surface area contributed by atoms with E-state index < -0.39 is 0 Å². The molecule has 3 aromatic rings. The highest BCUT2D eigenvalue weighted by atomic mass is 16.5. The minimum absolute atomic E-state index is 0.105. The van der Waals surface area contributed by atoms with Crippen LogP contribution >= 0.6 is 0 Å². The van der Waals surface area contributed by atoms with E-state index in [1.807, 2.05) is 48.5 Å². The Labute approximate surface area is 110 Å². The lowest BCUT2D eigenvalue weighted by molar-refractivity contribution is 0.0927. The number of fused-ring (bicyclic) bond motifs is 1. The maximum absolute atomic E-state index is 11.4. The van der Waals surface area contributed by atoms with Crippen molar-refractivity contribution in [2.45, 2.75) is 6.92 Å². The van der Waals surface area contributed by atoms with E-state index in [4.69, 9.17) is 4.74 Å². The van der Waals surface area contributed by atoms with Gasteiger partial charge in [0.15, 0.2) is 0 Å². The molecule has 0 atom stereocenters. The largest absolute Gasteiger partial charge is 0.457 e. The molecule has 0 radical (unpaired) electrons. The Kier molecular flexibility index (Phi) is 2.76. The molecule has 94 valence electrons. The molecule has 0 unspecified atom stereocenters. The fraction of sp³-hybridized carbons (Fsp3) is 0.0667. The van der Waals surface area contributed by atoms with E-state index in [0.29, 0.717) is 0 Å². The molecule has 0 aliphatic carbocycles. The minimum atomic E-state index is -0.105. The van der Waals surface area contributed by atoms with Crippen molar-refractivity contribution in [3.8, 4) is 11.5 Å². The number of nitrogens with zero attached hydrogens (tertiary/aromatic N) is 2. The second kappa shape index (κ2) is 4.57. The van der Waals surface area contributed by atoms with E-state index in [1.54, 1.807) is 6.20 Å². The number of carbonyl (C=O) groups is 1. The maximum Gasteiger partial charge on any atom is 0.244 e. The van der Waals surface area contributed by atoms with Gasteiger partial charge in [-0.1, -0.05) is 18.2 Å². The fourth-order valence-electron chi connectivity index (χ4n) is 1.95. The van der Waals surface area contributed by atoms with Gasteiger partial charge in [-0.05, 0) is 30.3 Å². The summed E-state index contributed by atoms with van der Waals surface area (Å²) in [7, 11) is 0. The van der Waals surface area contributed by atoms with Crippen LogP contribution < -0.4 is 4.74 Å². The zero-order valence-electron chi connectivity index (χ0n) is 10.4. The van der Waals surface area contributed by atoms with E-state index in [0.717, 1.165) is 22.4 Å². The Hall–Kier alpha value is -2.62. The Morgan fingerprint density at radius 2 is 1.89 bits per heavy atom. The maximum atomic E-state index is 11.4. The highest BCUT2D eigenvalue weighted by Gasteiger charge is 2.07. The average Bonchev–Trinajstić information content (AvgIpc) is 2.83. The molecule has 0 saturated heterocycles. The van der Waals surface area contributed by atoms with Gasteiger partial charge in [0.1, 0.15) is 11.5 Å². The van der Waals surface area contributed by atoms with Crippen LogP contribution in [0.4, 0.5) is 0 Å². The van der Waals surface area contributed by atoms with Gasteiger partial charge in [0.2, 0.25) is 5.91 Å². The summed E-state index contributed by atoms with van der Waals surface area (Å²) in [5.41, 5.74) is 0.785. The van der Waals surface area contributed by atoms with Crippen molar-refractivity contribution in [3.63, 3.8) is 0 Å². The molecule has 19 heavy (non-hydrogen) atoms. The number of ether oxygens (including phenoxy) is 1. The van der Waals surface area contributed by atoms with Crippen molar-refractivity contribution in [1.82, 2.24) is 9.78 Å². The Balaban J connectivity index is 1.97. The fourth-order valence-corrected chi connectivity index (χ4v) is 1.95. The average molecular weight is 252 g/mol. The van der Waals surface area contributed by atoms with Crippen molar-refractivity contribution < 1.29 is 9.53 Å². The van der Waals surface area contributed by atoms with Crippen molar-refractivity contribution in [2.75, 3.05) is 0 Å². The van der Waals surface area contributed by atoms with Crippen LogP contribution in [-0.2, 0) is 0 Å². The quantitative estimate of drug-likeness (QED) is 0.701. The Morgan fingerprint density at radius 1 is 1.11 bits per heavy atom. The smallest absolute Gasteiger partial charge is 0.244 e. The standard InChI is InChI=1S/C15H12N2O2/c1-11(18)17-15-8-7-14(9-12(15)10-16-17)19-13-5-3-2-4-6-13/h2-10H,1H3. The van der Waals surface area contributed by atoms with Gasteiger partial charge in [0, 0.05) is 12.3 Å². The molecular formula is C15H12N2O2. The van der Waals surface area contributed by atoms with Gasteiger partial charge in [0.25, 0.3) is 0 Å². The number of para-hydroxylation sites is 1. The van der Waals surface area contributed by atoms with Gasteiger partial charge in [-0.15, -0.1) is 0 Å². The first kappa shape index (κ1) is 11.5. The SMILES string of the molecule is CC(=O)n1ncc2cc(Oc3ccccc3)ccc21. The molecule has 0 fully saturated rings. The molecule has 0 bridgehead atoms. The normalized spacial score (nSPS) is 10.6. The summed E-state index contributed by atoms with van der Waals surface area (Å²) < 4.78 is 7.11. The molecule has 4 nitrogen and oxygen atoms in total. The zero-order chi connectivity index (χ0) is 13.2. The molecule has 0 spiro atoms. The molecule has 0 aliphatic rings. The molecule has 0 saturated carbocycles. The molecule has 1 aromatic heterocycles. The van der Waals surface area contributed by atoms with Gasteiger partial charge in [-0.2, -0.15) is 5.10 Å². The van der Waals surface area contributed by atoms with Crippen LogP contribution in [0.1, 0.15) is 11.7 Å². The van der Waals surface area contributed by atoms with Crippen LogP contribution in [0, 0.1) is 0 Å². The summed E-state index contributed by atoms with van der Waals surface area (Å²) in [5, 5.41) is 4.93. The number of rotatable bonds is 2. The molecule has 4 heteroatoms. The van der Waals surface area contributed by atoms with Crippen LogP contribution in [0.25, 0.3) is 10.9 Å². The molecule has 3 rings (SSSR count). The molecule has 0 N–H and O–H groups in total. The summed E-state index contributed by atoms with van der Waals surface area (Å²) in [5.74, 6) is 1.40. The van der Waals surface area contributed by atoms with E-state index in [-0.39, 0.29) is 5.91 Å². The van der Waals surface area contributed by atoms with Crippen molar-refractivity contribution in [3.05, 3.63) is 54.7 Å². The summed E-state index contributed by atoms with van der Waals surface area (Å²) >= 11 is 0. The summed E-state index contributed by atoms with van der Waals surface area (Å²) in [6.07, 6.45) is 1.66. The lowest BCUT2D eigenvalue weighted by Gasteiger charge is -2.05. The third kappa shape index (κ3) is 2.20. The predicted octanol–water partition coefficient (Wildman–Crippen LogP) is 3.49. The Morgan fingerprint density at radius 3 is 2.63 bits per heavy atom. The number of aromatic nitrogens is 2. The first-order chi connectivity index (χ1) is 9.24. The van der Waals surface area contributed by atoms with Gasteiger partial charge < -0.3 is 4.74 Å². The van der Waals surface area contributed by atoms with E-state index in [9.17, 15) is 4.79 Å². The molecule has 1 heterocycles. The molecule has 2 aromatic carbocycles. The molecule has 0 aliphatic heterocycles. The van der Waals surface area contributed by atoms with Crippen molar-refractivity contribution in [1.29, 1.82) is 0 Å². The number of hydrogen-bond acceptors (Lipinski definition) is 3. The van der Waals surface area contributed by atoms with Gasteiger partial charge in [0.05, 0.1) is 11.7 Å². The van der Waals surface area contributed by atoms with E-state index >= 15 is 0 Å². The van der Waals surface area contributed by atoms with Crippen LogP contribution in [0.5, 0.6) is 11.5 Å². The lowest BCUT2D eigenvalue weighted by atomic mass is 10.2. The highest BCUT2D eigenvalue weighted by molar-refractivity contribution is 5.90. The highest BCUT2D eigenvalue weighted by Crippen LogP contribution is 2.25. The number of hydrogen-bond donors (Lipinski definition) is 0. The summed E-state index contributed by atoms with van der Waals surface area (Å²) in [6, 6.07) is 15.1.